The fraction of sp³-hybridized carbons (Fsp3) is 0. The van der Waals surface area contributed by atoms with Crippen LogP contribution in [0.1, 0.15) is 0 Å². The molecule has 1 aliphatic rings. The zero-order valence-corrected chi connectivity index (χ0v) is 27.7. The molecule has 0 radical (unpaired) electrons. The number of para-hydroxylation sites is 4. The number of ether oxygens (including phenoxy) is 2. The van der Waals surface area contributed by atoms with Gasteiger partial charge in [0.05, 0.1) is 11.0 Å². The lowest BCUT2D eigenvalue weighted by Gasteiger charge is -2.22. The van der Waals surface area contributed by atoms with E-state index in [9.17, 15) is 0 Å². The topological polar surface area (TPSA) is 23.4 Å². The van der Waals surface area contributed by atoms with Gasteiger partial charge in [-0.1, -0.05) is 127 Å². The predicted molar refractivity (Wildman–Crippen MR) is 209 cm³/mol. The first kappa shape index (κ1) is 29.1. The molecule has 0 amide bonds. The van der Waals surface area contributed by atoms with Crippen LogP contribution in [0.3, 0.4) is 0 Å². The maximum atomic E-state index is 7.04. The van der Waals surface area contributed by atoms with Crippen LogP contribution in [-0.2, 0) is 0 Å². The first-order valence-electron chi connectivity index (χ1n) is 17.3. The van der Waals surface area contributed by atoms with Gasteiger partial charge >= 0.3 is 0 Å². The standard InChI is InChI=1S/C48H31NO2/c1-3-14-32(15-4-1)33-26-28-39-37-18-8-11-24-44(37)50-45-25-12-9-19-38(45)41-30-34(27-29-46(41)51-47(39)31-33)36-21-13-23-43-48(36)40-20-7-10-22-42(40)49(43)35-16-5-2-6-17-35/h1-31H. The van der Waals surface area contributed by atoms with Gasteiger partial charge in [0, 0.05) is 38.7 Å². The average molecular weight is 654 g/mol. The molecule has 8 aromatic carbocycles. The highest BCUT2D eigenvalue weighted by atomic mass is 16.5. The molecule has 3 heteroatoms. The first-order chi connectivity index (χ1) is 25.3. The molecule has 240 valence electrons. The van der Waals surface area contributed by atoms with Crippen molar-refractivity contribution >= 4 is 21.8 Å². The van der Waals surface area contributed by atoms with Gasteiger partial charge in [0.15, 0.2) is 0 Å². The lowest BCUT2D eigenvalue weighted by atomic mass is 9.94. The van der Waals surface area contributed by atoms with Crippen molar-refractivity contribution in [2.45, 2.75) is 0 Å². The summed E-state index contributed by atoms with van der Waals surface area (Å²) >= 11 is 0. The molecule has 51 heavy (non-hydrogen) atoms. The minimum Gasteiger partial charge on any atom is -0.456 e. The number of rotatable bonds is 3. The summed E-state index contributed by atoms with van der Waals surface area (Å²) in [7, 11) is 0. The summed E-state index contributed by atoms with van der Waals surface area (Å²) in [5.74, 6) is 3.09. The minimum absolute atomic E-state index is 0.763. The molecule has 1 aromatic heterocycles. The summed E-state index contributed by atoms with van der Waals surface area (Å²) in [6, 6.07) is 65.8. The third-order valence-electron chi connectivity index (χ3n) is 9.89. The van der Waals surface area contributed by atoms with E-state index in [0.717, 1.165) is 73.2 Å². The summed E-state index contributed by atoms with van der Waals surface area (Å²) in [4.78, 5) is 0. The molecule has 0 spiro atoms. The number of benzene rings is 8. The average Bonchev–Trinajstić information content (AvgIpc) is 3.54. The maximum Gasteiger partial charge on any atom is 0.136 e. The van der Waals surface area contributed by atoms with Crippen LogP contribution >= 0.6 is 0 Å². The SMILES string of the molecule is c1ccc(-c2ccc3c(c2)Oc2ccc(-c4cccc5c4c4ccccc4n5-c4ccccc4)cc2-c2ccccc2Oc2ccccc2-3)cc1. The summed E-state index contributed by atoms with van der Waals surface area (Å²) in [5, 5.41) is 2.43. The largest absolute Gasteiger partial charge is 0.456 e. The Morgan fingerprint density at radius 3 is 1.69 bits per heavy atom. The number of fused-ring (bicyclic) bond motifs is 9. The van der Waals surface area contributed by atoms with Crippen molar-refractivity contribution in [3.8, 4) is 73.2 Å². The summed E-state index contributed by atoms with van der Waals surface area (Å²) in [5.41, 5.74) is 11.8. The molecule has 0 unspecified atom stereocenters. The van der Waals surface area contributed by atoms with E-state index < -0.39 is 0 Å². The lowest BCUT2D eigenvalue weighted by molar-refractivity contribution is 0.472. The van der Waals surface area contributed by atoms with Crippen LogP contribution in [0.25, 0.3) is 72.0 Å². The van der Waals surface area contributed by atoms with Gasteiger partial charge in [0.2, 0.25) is 0 Å². The number of hydrogen-bond donors (Lipinski definition) is 0. The van der Waals surface area contributed by atoms with E-state index in [1.54, 1.807) is 0 Å². The first-order valence-corrected chi connectivity index (χ1v) is 17.3. The Kier molecular flexibility index (Phi) is 6.81. The third kappa shape index (κ3) is 4.90. The highest BCUT2D eigenvalue weighted by molar-refractivity contribution is 6.16. The van der Waals surface area contributed by atoms with Gasteiger partial charge in [-0.25, -0.2) is 0 Å². The van der Waals surface area contributed by atoms with E-state index in [1.165, 1.54) is 21.8 Å². The number of nitrogens with zero attached hydrogens (tertiary/aromatic N) is 1. The van der Waals surface area contributed by atoms with E-state index in [2.05, 4.69) is 156 Å². The third-order valence-corrected chi connectivity index (χ3v) is 9.89. The Bertz CT molecular complexity index is 2740. The van der Waals surface area contributed by atoms with Crippen molar-refractivity contribution in [1.29, 1.82) is 0 Å². The monoisotopic (exact) mass is 653 g/mol. The number of hydrogen-bond acceptors (Lipinski definition) is 2. The second-order valence-corrected chi connectivity index (χ2v) is 12.9. The fourth-order valence-electron chi connectivity index (χ4n) is 7.54. The highest BCUT2D eigenvalue weighted by Gasteiger charge is 2.22. The van der Waals surface area contributed by atoms with Gasteiger partial charge in [-0.2, -0.15) is 0 Å². The van der Waals surface area contributed by atoms with Crippen molar-refractivity contribution in [2.24, 2.45) is 0 Å². The molecule has 0 saturated carbocycles. The molecule has 0 bridgehead atoms. The summed E-state index contributed by atoms with van der Waals surface area (Å²) < 4.78 is 16.2. The van der Waals surface area contributed by atoms with Gasteiger partial charge in [-0.3, -0.25) is 0 Å². The smallest absolute Gasteiger partial charge is 0.136 e. The zero-order chi connectivity index (χ0) is 33.7. The van der Waals surface area contributed by atoms with E-state index >= 15 is 0 Å². The van der Waals surface area contributed by atoms with Gasteiger partial charge in [-0.15, -0.1) is 0 Å². The van der Waals surface area contributed by atoms with Crippen molar-refractivity contribution in [3.63, 3.8) is 0 Å². The van der Waals surface area contributed by atoms with Crippen LogP contribution < -0.4 is 9.47 Å². The molecular weight excluding hydrogens is 623 g/mol. The molecule has 0 aliphatic carbocycles. The maximum absolute atomic E-state index is 7.04. The van der Waals surface area contributed by atoms with Crippen molar-refractivity contribution in [3.05, 3.63) is 188 Å². The second-order valence-electron chi connectivity index (χ2n) is 12.9. The normalized spacial score (nSPS) is 11.8. The Morgan fingerprint density at radius 2 is 0.882 bits per heavy atom. The van der Waals surface area contributed by atoms with E-state index in [4.69, 9.17) is 9.47 Å². The van der Waals surface area contributed by atoms with Crippen molar-refractivity contribution < 1.29 is 9.47 Å². The highest BCUT2D eigenvalue weighted by Crippen LogP contribution is 2.49. The Balaban J connectivity index is 1.21. The lowest BCUT2D eigenvalue weighted by Crippen LogP contribution is -1.98. The van der Waals surface area contributed by atoms with Crippen LogP contribution in [0.5, 0.6) is 23.0 Å². The Labute approximate surface area is 296 Å². The molecule has 9 aromatic rings. The van der Waals surface area contributed by atoms with Crippen LogP contribution in [-0.4, -0.2) is 4.57 Å². The molecule has 1 aliphatic heterocycles. The molecule has 3 nitrogen and oxygen atoms in total. The minimum atomic E-state index is 0.763. The summed E-state index contributed by atoms with van der Waals surface area (Å²) in [6.45, 7) is 0. The van der Waals surface area contributed by atoms with Gasteiger partial charge < -0.3 is 14.0 Å². The van der Waals surface area contributed by atoms with Crippen molar-refractivity contribution in [1.82, 2.24) is 4.57 Å². The molecule has 0 fully saturated rings. The zero-order valence-electron chi connectivity index (χ0n) is 27.7. The van der Waals surface area contributed by atoms with E-state index in [-0.39, 0.29) is 0 Å². The van der Waals surface area contributed by atoms with Crippen LogP contribution in [0, 0.1) is 0 Å². The number of aromatic nitrogens is 1. The molecule has 2 heterocycles. The fourth-order valence-corrected chi connectivity index (χ4v) is 7.54. The predicted octanol–water partition coefficient (Wildman–Crippen LogP) is 13.3. The molecule has 10 rings (SSSR count). The summed E-state index contributed by atoms with van der Waals surface area (Å²) in [6.07, 6.45) is 0. The van der Waals surface area contributed by atoms with Crippen LogP contribution in [0.15, 0.2) is 188 Å². The Hall–Kier alpha value is -6.84. The van der Waals surface area contributed by atoms with Gasteiger partial charge in [0.1, 0.15) is 23.0 Å². The Morgan fingerprint density at radius 1 is 0.314 bits per heavy atom. The van der Waals surface area contributed by atoms with E-state index in [0.29, 0.717) is 0 Å². The van der Waals surface area contributed by atoms with Crippen molar-refractivity contribution in [2.75, 3.05) is 0 Å². The molecule has 0 saturated heterocycles. The second kappa shape index (κ2) is 11.9. The molecular formula is C48H31NO2. The molecule has 0 atom stereocenters. The molecule has 0 N–H and O–H groups in total. The quantitative estimate of drug-likeness (QED) is 0.189. The van der Waals surface area contributed by atoms with Gasteiger partial charge in [-0.05, 0) is 82.9 Å². The van der Waals surface area contributed by atoms with Gasteiger partial charge in [0.25, 0.3) is 0 Å². The van der Waals surface area contributed by atoms with Crippen LogP contribution in [0.4, 0.5) is 0 Å². The van der Waals surface area contributed by atoms with E-state index in [1.807, 2.05) is 36.4 Å². The van der Waals surface area contributed by atoms with Crippen LogP contribution in [0.2, 0.25) is 0 Å².